The van der Waals surface area contributed by atoms with Gasteiger partial charge in [-0.1, -0.05) is 18.2 Å². The molecule has 1 unspecified atom stereocenters. The van der Waals surface area contributed by atoms with Crippen LogP contribution in [0.5, 0.6) is 11.5 Å². The van der Waals surface area contributed by atoms with Crippen LogP contribution in [0.3, 0.4) is 0 Å². The van der Waals surface area contributed by atoms with E-state index in [1.165, 1.54) is 0 Å². The topological polar surface area (TPSA) is 47.6 Å². The molecule has 0 spiro atoms. The smallest absolute Gasteiger partial charge is 0.257 e. The molecule has 3 rings (SSSR count). The van der Waals surface area contributed by atoms with Crippen molar-refractivity contribution < 1.29 is 23.0 Å². The number of carbonyl (C=O) groups is 1. The number of nitrogens with one attached hydrogen (secondary N) is 1. The molecule has 0 saturated carbocycles. The van der Waals surface area contributed by atoms with Gasteiger partial charge in [-0.15, -0.1) is 0 Å². The van der Waals surface area contributed by atoms with E-state index in [0.717, 1.165) is 29.9 Å². The maximum absolute atomic E-state index is 13.4. The van der Waals surface area contributed by atoms with Crippen molar-refractivity contribution in [1.29, 1.82) is 0 Å². The van der Waals surface area contributed by atoms with E-state index < -0.39 is 11.6 Å². The highest BCUT2D eigenvalue weighted by Gasteiger charge is 2.20. The molecule has 1 heterocycles. The third-order valence-electron chi connectivity index (χ3n) is 3.80. The first-order chi connectivity index (χ1) is 11.6. The van der Waals surface area contributed by atoms with E-state index in [2.05, 4.69) is 5.32 Å². The molecule has 126 valence electrons. The summed E-state index contributed by atoms with van der Waals surface area (Å²) in [5.41, 5.74) is 1.12. The first-order valence-electron chi connectivity index (χ1n) is 7.67. The summed E-state index contributed by atoms with van der Waals surface area (Å²) in [7, 11) is 0. The molecule has 4 nitrogen and oxygen atoms in total. The minimum atomic E-state index is -0.833. The molecule has 2 aromatic carbocycles. The molecule has 0 aromatic heterocycles. The molecule has 24 heavy (non-hydrogen) atoms. The number of halogens is 2. The van der Waals surface area contributed by atoms with E-state index in [9.17, 15) is 13.6 Å². The molecular weight excluding hydrogens is 316 g/mol. The lowest BCUT2D eigenvalue weighted by atomic mass is 9.97. The fraction of sp³-hybridized carbons (Fsp3) is 0.278. The Morgan fingerprint density at radius 1 is 1.25 bits per heavy atom. The Labute approximate surface area is 138 Å². The summed E-state index contributed by atoms with van der Waals surface area (Å²) < 4.78 is 36.9. The predicted molar refractivity (Wildman–Crippen MR) is 84.0 cm³/mol. The number of carbonyl (C=O) groups excluding carboxylic acids is 1. The van der Waals surface area contributed by atoms with E-state index in [4.69, 9.17) is 9.47 Å². The van der Waals surface area contributed by atoms with Crippen LogP contribution >= 0.6 is 0 Å². The molecule has 0 aliphatic carbocycles. The van der Waals surface area contributed by atoms with E-state index in [-0.39, 0.29) is 24.2 Å². The molecule has 2 aromatic rings. The SMILES string of the molecule is O=C(COc1ccc(F)cc1F)NCC1COc2ccccc2C1. The summed E-state index contributed by atoms with van der Waals surface area (Å²) in [4.78, 5) is 11.8. The van der Waals surface area contributed by atoms with Crippen LogP contribution in [-0.2, 0) is 11.2 Å². The second-order valence-corrected chi connectivity index (χ2v) is 5.66. The molecule has 0 radical (unpaired) electrons. The van der Waals surface area contributed by atoms with Gasteiger partial charge in [-0.2, -0.15) is 0 Å². The highest BCUT2D eigenvalue weighted by Crippen LogP contribution is 2.26. The van der Waals surface area contributed by atoms with Crippen molar-refractivity contribution in [3.05, 3.63) is 59.7 Å². The second kappa shape index (κ2) is 7.29. The zero-order chi connectivity index (χ0) is 16.9. The number of amides is 1. The van der Waals surface area contributed by atoms with Crippen LogP contribution in [0.15, 0.2) is 42.5 Å². The highest BCUT2D eigenvalue weighted by atomic mass is 19.1. The van der Waals surface area contributed by atoms with Gasteiger partial charge in [0.15, 0.2) is 18.2 Å². The lowest BCUT2D eigenvalue weighted by molar-refractivity contribution is -0.123. The van der Waals surface area contributed by atoms with Crippen LogP contribution in [0, 0.1) is 17.6 Å². The van der Waals surface area contributed by atoms with Gasteiger partial charge in [0, 0.05) is 18.5 Å². The lowest BCUT2D eigenvalue weighted by Gasteiger charge is -2.25. The lowest BCUT2D eigenvalue weighted by Crippen LogP contribution is -2.37. The van der Waals surface area contributed by atoms with Gasteiger partial charge < -0.3 is 14.8 Å². The Kier molecular flexibility index (Phi) is 4.93. The number of fused-ring (bicyclic) bond motifs is 1. The minimum absolute atomic E-state index is 0.151. The standard InChI is InChI=1S/C18H17F2NO3/c19-14-5-6-17(15(20)8-14)24-11-18(22)21-9-12-7-13-3-1-2-4-16(13)23-10-12/h1-6,8,12H,7,9-11H2,(H,21,22). The zero-order valence-electron chi connectivity index (χ0n) is 12.9. The van der Waals surface area contributed by atoms with Gasteiger partial charge >= 0.3 is 0 Å². The van der Waals surface area contributed by atoms with Crippen LogP contribution < -0.4 is 14.8 Å². The molecule has 0 saturated heterocycles. The molecule has 1 aliphatic rings. The molecule has 1 atom stereocenters. The summed E-state index contributed by atoms with van der Waals surface area (Å²) in [5, 5.41) is 2.74. The van der Waals surface area contributed by atoms with Gasteiger partial charge in [-0.3, -0.25) is 4.79 Å². The summed E-state index contributed by atoms with van der Waals surface area (Å²) in [6.07, 6.45) is 0.823. The number of ether oxygens (including phenoxy) is 2. The van der Waals surface area contributed by atoms with E-state index >= 15 is 0 Å². The Balaban J connectivity index is 1.45. The van der Waals surface area contributed by atoms with Crippen molar-refractivity contribution in [2.24, 2.45) is 5.92 Å². The summed E-state index contributed by atoms with van der Waals surface area (Å²) >= 11 is 0. The Hall–Kier alpha value is -2.63. The average Bonchev–Trinajstić information content (AvgIpc) is 2.59. The maximum Gasteiger partial charge on any atom is 0.257 e. The first kappa shape index (κ1) is 16.2. The van der Waals surface area contributed by atoms with E-state index in [1.807, 2.05) is 24.3 Å². The number of benzene rings is 2. The van der Waals surface area contributed by atoms with Crippen LogP contribution in [0.4, 0.5) is 8.78 Å². The van der Waals surface area contributed by atoms with Gasteiger partial charge in [0.1, 0.15) is 11.6 Å². The van der Waals surface area contributed by atoms with Crippen molar-refractivity contribution in [2.45, 2.75) is 6.42 Å². The molecular formula is C18H17F2NO3. The van der Waals surface area contributed by atoms with Crippen LogP contribution in [0.2, 0.25) is 0 Å². The fourth-order valence-corrected chi connectivity index (χ4v) is 2.57. The third kappa shape index (κ3) is 4.01. The van der Waals surface area contributed by atoms with Crippen molar-refractivity contribution >= 4 is 5.91 Å². The number of hydrogen-bond acceptors (Lipinski definition) is 3. The van der Waals surface area contributed by atoms with Gasteiger partial charge in [-0.05, 0) is 30.2 Å². The number of rotatable bonds is 5. The average molecular weight is 333 g/mol. The Morgan fingerprint density at radius 2 is 2.08 bits per heavy atom. The van der Waals surface area contributed by atoms with Crippen molar-refractivity contribution in [3.8, 4) is 11.5 Å². The first-order valence-corrected chi connectivity index (χ1v) is 7.67. The van der Waals surface area contributed by atoms with Gasteiger partial charge in [-0.25, -0.2) is 8.78 Å². The summed E-state index contributed by atoms with van der Waals surface area (Å²) in [5.74, 6) is -0.984. The third-order valence-corrected chi connectivity index (χ3v) is 3.80. The van der Waals surface area contributed by atoms with Crippen LogP contribution in [0.1, 0.15) is 5.56 Å². The van der Waals surface area contributed by atoms with E-state index in [0.29, 0.717) is 19.2 Å². The van der Waals surface area contributed by atoms with Crippen molar-refractivity contribution in [3.63, 3.8) is 0 Å². The highest BCUT2D eigenvalue weighted by molar-refractivity contribution is 5.77. The minimum Gasteiger partial charge on any atom is -0.493 e. The molecule has 0 fully saturated rings. The maximum atomic E-state index is 13.4. The fourth-order valence-electron chi connectivity index (χ4n) is 2.57. The summed E-state index contributed by atoms with van der Waals surface area (Å²) in [6.45, 7) is 0.653. The van der Waals surface area contributed by atoms with Gasteiger partial charge in [0.05, 0.1) is 6.61 Å². The molecule has 1 aliphatic heterocycles. The van der Waals surface area contributed by atoms with Crippen molar-refractivity contribution in [2.75, 3.05) is 19.8 Å². The number of hydrogen-bond donors (Lipinski definition) is 1. The zero-order valence-corrected chi connectivity index (χ0v) is 12.9. The largest absolute Gasteiger partial charge is 0.493 e. The van der Waals surface area contributed by atoms with Crippen LogP contribution in [0.25, 0.3) is 0 Å². The summed E-state index contributed by atoms with van der Waals surface area (Å²) in [6, 6.07) is 10.8. The van der Waals surface area contributed by atoms with Gasteiger partial charge in [0.2, 0.25) is 0 Å². The molecule has 1 N–H and O–H groups in total. The molecule has 1 amide bonds. The number of para-hydroxylation sites is 1. The molecule has 0 bridgehead atoms. The molecule has 6 heteroatoms. The van der Waals surface area contributed by atoms with Gasteiger partial charge in [0.25, 0.3) is 5.91 Å². The normalized spacial score (nSPS) is 16.0. The van der Waals surface area contributed by atoms with Crippen molar-refractivity contribution in [1.82, 2.24) is 5.32 Å². The van der Waals surface area contributed by atoms with Crippen LogP contribution in [-0.4, -0.2) is 25.7 Å². The monoisotopic (exact) mass is 333 g/mol. The Bertz CT molecular complexity index is 736. The predicted octanol–water partition coefficient (Wildman–Crippen LogP) is 2.71. The Morgan fingerprint density at radius 3 is 2.92 bits per heavy atom. The second-order valence-electron chi connectivity index (χ2n) is 5.66. The van der Waals surface area contributed by atoms with E-state index in [1.54, 1.807) is 0 Å². The quantitative estimate of drug-likeness (QED) is 0.915.